The van der Waals surface area contributed by atoms with Crippen molar-refractivity contribution in [3.8, 4) is 5.88 Å². The molecule has 68 valence electrons. The van der Waals surface area contributed by atoms with Crippen molar-refractivity contribution in [2.75, 3.05) is 7.11 Å². The van der Waals surface area contributed by atoms with E-state index >= 15 is 0 Å². The van der Waals surface area contributed by atoms with Gasteiger partial charge in [-0.2, -0.15) is 0 Å². The fourth-order valence-electron chi connectivity index (χ4n) is 1.21. The van der Waals surface area contributed by atoms with Crippen LogP contribution in [0.25, 0.3) is 0 Å². The quantitative estimate of drug-likeness (QED) is 0.747. The average molecular weight is 168 g/mol. The standard InChI is InChI=1S/C9H16N2O/c1-4-5-6-8-7(2)9(12-3)11-10-8/h4-6H2,1-3H3,(H,10,11). The smallest absolute Gasteiger partial charge is 0.235 e. The fourth-order valence-corrected chi connectivity index (χ4v) is 1.21. The minimum atomic E-state index is 0.723. The Morgan fingerprint density at radius 2 is 2.25 bits per heavy atom. The lowest BCUT2D eigenvalue weighted by Crippen LogP contribution is -1.88. The van der Waals surface area contributed by atoms with E-state index in [0.717, 1.165) is 17.9 Å². The molecule has 0 aromatic carbocycles. The monoisotopic (exact) mass is 168 g/mol. The van der Waals surface area contributed by atoms with Crippen LogP contribution in [0, 0.1) is 6.92 Å². The molecule has 0 aliphatic carbocycles. The fraction of sp³-hybridized carbons (Fsp3) is 0.667. The number of nitrogens with one attached hydrogen (secondary N) is 1. The predicted octanol–water partition coefficient (Wildman–Crippen LogP) is 2.07. The maximum absolute atomic E-state index is 5.06. The third-order valence-electron chi connectivity index (χ3n) is 2.04. The van der Waals surface area contributed by atoms with Crippen LogP contribution in [-0.2, 0) is 6.42 Å². The third kappa shape index (κ3) is 1.78. The van der Waals surface area contributed by atoms with Gasteiger partial charge in [0.2, 0.25) is 5.88 Å². The van der Waals surface area contributed by atoms with Crippen LogP contribution in [0.1, 0.15) is 31.0 Å². The molecular weight excluding hydrogens is 152 g/mol. The molecule has 3 nitrogen and oxygen atoms in total. The molecule has 0 radical (unpaired) electrons. The highest BCUT2D eigenvalue weighted by Crippen LogP contribution is 2.18. The highest BCUT2D eigenvalue weighted by atomic mass is 16.5. The van der Waals surface area contributed by atoms with Gasteiger partial charge in [-0.25, -0.2) is 0 Å². The number of methoxy groups -OCH3 is 1. The molecular formula is C9H16N2O. The van der Waals surface area contributed by atoms with Gasteiger partial charge >= 0.3 is 0 Å². The molecule has 1 heterocycles. The van der Waals surface area contributed by atoms with Gasteiger partial charge in [0.25, 0.3) is 0 Å². The molecule has 0 amide bonds. The number of rotatable bonds is 4. The maximum atomic E-state index is 5.06. The molecule has 0 aliphatic rings. The van der Waals surface area contributed by atoms with Gasteiger partial charge in [-0.05, 0) is 19.8 Å². The third-order valence-corrected chi connectivity index (χ3v) is 2.04. The second-order valence-electron chi connectivity index (χ2n) is 2.94. The first-order valence-corrected chi connectivity index (χ1v) is 4.37. The molecule has 1 aromatic rings. The van der Waals surface area contributed by atoms with E-state index in [1.54, 1.807) is 7.11 Å². The Hall–Kier alpha value is -0.990. The minimum Gasteiger partial charge on any atom is -0.480 e. The lowest BCUT2D eigenvalue weighted by molar-refractivity contribution is 0.394. The highest BCUT2D eigenvalue weighted by molar-refractivity contribution is 5.28. The van der Waals surface area contributed by atoms with Crippen LogP contribution in [0.2, 0.25) is 0 Å². The van der Waals surface area contributed by atoms with E-state index in [0.29, 0.717) is 0 Å². The summed E-state index contributed by atoms with van der Waals surface area (Å²) in [6.45, 7) is 4.22. The Morgan fingerprint density at radius 1 is 1.50 bits per heavy atom. The zero-order valence-electron chi connectivity index (χ0n) is 7.98. The topological polar surface area (TPSA) is 37.9 Å². The van der Waals surface area contributed by atoms with Crippen LogP contribution in [-0.4, -0.2) is 17.3 Å². The molecule has 3 heteroatoms. The van der Waals surface area contributed by atoms with Gasteiger partial charge in [0.1, 0.15) is 0 Å². The summed E-state index contributed by atoms with van der Waals surface area (Å²) >= 11 is 0. The lowest BCUT2D eigenvalue weighted by Gasteiger charge is -1.97. The molecule has 0 atom stereocenters. The zero-order chi connectivity index (χ0) is 8.97. The molecule has 0 bridgehead atoms. The van der Waals surface area contributed by atoms with Crippen LogP contribution in [0.3, 0.4) is 0 Å². The van der Waals surface area contributed by atoms with Crippen LogP contribution >= 0.6 is 0 Å². The van der Waals surface area contributed by atoms with Crippen molar-refractivity contribution < 1.29 is 4.74 Å². The zero-order valence-corrected chi connectivity index (χ0v) is 7.98. The van der Waals surface area contributed by atoms with Gasteiger partial charge in [-0.1, -0.05) is 13.3 Å². The summed E-state index contributed by atoms with van der Waals surface area (Å²) in [5, 5.41) is 7.02. The Labute approximate surface area is 73.1 Å². The van der Waals surface area contributed by atoms with E-state index in [1.807, 2.05) is 6.92 Å². The molecule has 0 unspecified atom stereocenters. The van der Waals surface area contributed by atoms with Gasteiger partial charge in [0.05, 0.1) is 7.11 Å². The van der Waals surface area contributed by atoms with E-state index in [-0.39, 0.29) is 0 Å². The van der Waals surface area contributed by atoms with E-state index < -0.39 is 0 Å². The summed E-state index contributed by atoms with van der Waals surface area (Å²) in [7, 11) is 1.65. The number of hydrogen-bond donors (Lipinski definition) is 1. The largest absolute Gasteiger partial charge is 0.480 e. The van der Waals surface area contributed by atoms with Gasteiger partial charge in [0.15, 0.2) is 0 Å². The van der Waals surface area contributed by atoms with Crippen molar-refractivity contribution in [2.45, 2.75) is 33.1 Å². The molecule has 12 heavy (non-hydrogen) atoms. The normalized spacial score (nSPS) is 10.2. The number of H-pyrrole nitrogens is 1. The van der Waals surface area contributed by atoms with Gasteiger partial charge in [-0.3, -0.25) is 5.10 Å². The number of ether oxygens (including phenoxy) is 1. The van der Waals surface area contributed by atoms with E-state index in [2.05, 4.69) is 17.1 Å². The number of aromatic amines is 1. The molecule has 0 fully saturated rings. The summed E-state index contributed by atoms with van der Waals surface area (Å²) in [5.41, 5.74) is 2.35. The number of nitrogens with zero attached hydrogens (tertiary/aromatic N) is 1. The number of hydrogen-bond acceptors (Lipinski definition) is 2. The molecule has 1 N–H and O–H groups in total. The molecule has 0 aliphatic heterocycles. The summed E-state index contributed by atoms with van der Waals surface area (Å²) in [6, 6.07) is 0. The Morgan fingerprint density at radius 3 is 2.75 bits per heavy atom. The minimum absolute atomic E-state index is 0.723. The Kier molecular flexibility index (Phi) is 3.14. The van der Waals surface area contributed by atoms with Crippen LogP contribution < -0.4 is 4.74 Å². The summed E-state index contributed by atoms with van der Waals surface area (Å²) in [4.78, 5) is 0. The van der Waals surface area contributed by atoms with Crippen molar-refractivity contribution in [1.29, 1.82) is 0 Å². The van der Waals surface area contributed by atoms with Crippen molar-refractivity contribution in [1.82, 2.24) is 10.2 Å². The van der Waals surface area contributed by atoms with Crippen molar-refractivity contribution in [2.24, 2.45) is 0 Å². The average Bonchev–Trinajstić information content (AvgIpc) is 2.43. The van der Waals surface area contributed by atoms with Gasteiger partial charge < -0.3 is 4.74 Å². The van der Waals surface area contributed by atoms with Crippen molar-refractivity contribution in [3.63, 3.8) is 0 Å². The van der Waals surface area contributed by atoms with E-state index in [4.69, 9.17) is 4.74 Å². The first-order valence-electron chi connectivity index (χ1n) is 4.37. The number of aromatic nitrogens is 2. The Bertz CT molecular complexity index is 243. The highest BCUT2D eigenvalue weighted by Gasteiger charge is 2.07. The van der Waals surface area contributed by atoms with Crippen LogP contribution in [0.5, 0.6) is 5.88 Å². The predicted molar refractivity (Wildman–Crippen MR) is 48.5 cm³/mol. The number of unbranched alkanes of at least 4 members (excludes halogenated alkanes) is 1. The van der Waals surface area contributed by atoms with Crippen LogP contribution in [0.15, 0.2) is 0 Å². The maximum Gasteiger partial charge on any atom is 0.235 e. The molecule has 0 spiro atoms. The molecule has 0 saturated carbocycles. The van der Waals surface area contributed by atoms with Gasteiger partial charge in [-0.15, -0.1) is 5.10 Å². The summed E-state index contributed by atoms with van der Waals surface area (Å²) < 4.78 is 5.06. The van der Waals surface area contributed by atoms with Crippen molar-refractivity contribution in [3.05, 3.63) is 11.3 Å². The van der Waals surface area contributed by atoms with Crippen molar-refractivity contribution >= 4 is 0 Å². The summed E-state index contributed by atoms with van der Waals surface area (Å²) in [5.74, 6) is 0.723. The first-order chi connectivity index (χ1) is 5.79. The van der Waals surface area contributed by atoms with Gasteiger partial charge in [0, 0.05) is 11.3 Å². The van der Waals surface area contributed by atoms with E-state index in [9.17, 15) is 0 Å². The molecule has 0 saturated heterocycles. The SMILES string of the molecule is CCCCc1[nH]nc(OC)c1C. The second kappa shape index (κ2) is 4.14. The Balaban J connectivity index is 2.66. The van der Waals surface area contributed by atoms with Crippen LogP contribution in [0.4, 0.5) is 0 Å². The second-order valence-corrected chi connectivity index (χ2v) is 2.94. The lowest BCUT2D eigenvalue weighted by atomic mass is 10.1. The molecule has 1 aromatic heterocycles. The van der Waals surface area contributed by atoms with E-state index in [1.165, 1.54) is 18.5 Å². The summed E-state index contributed by atoms with van der Waals surface area (Å²) in [6.07, 6.45) is 3.48. The first kappa shape index (κ1) is 9.10. The number of aryl methyl sites for hydroxylation is 1. The molecule has 1 rings (SSSR count).